The van der Waals surface area contributed by atoms with Crippen LogP contribution in [0.3, 0.4) is 0 Å². The molecule has 0 unspecified atom stereocenters. The molecular formula is C9H11NO2. The van der Waals surface area contributed by atoms with E-state index < -0.39 is 6.10 Å². The van der Waals surface area contributed by atoms with Crippen molar-refractivity contribution in [1.29, 1.82) is 0 Å². The maximum absolute atomic E-state index is 9.62. The summed E-state index contributed by atoms with van der Waals surface area (Å²) in [5, 5.41) is 9.62. The van der Waals surface area contributed by atoms with Crippen LogP contribution in [0.15, 0.2) is 24.3 Å². The molecule has 2 atom stereocenters. The summed E-state index contributed by atoms with van der Waals surface area (Å²) in [6.07, 6.45) is -0.588. The van der Waals surface area contributed by atoms with Crippen molar-refractivity contribution < 1.29 is 9.84 Å². The average molecular weight is 165 g/mol. The zero-order chi connectivity index (χ0) is 8.55. The summed E-state index contributed by atoms with van der Waals surface area (Å²) in [7, 11) is 0. The minimum Gasteiger partial charge on any atom is -0.491 e. The van der Waals surface area contributed by atoms with Gasteiger partial charge in [-0.2, -0.15) is 0 Å². The van der Waals surface area contributed by atoms with Gasteiger partial charge in [-0.1, -0.05) is 18.2 Å². The normalized spacial score (nSPS) is 27.5. The van der Waals surface area contributed by atoms with Crippen LogP contribution in [0.25, 0.3) is 0 Å². The van der Waals surface area contributed by atoms with Crippen LogP contribution >= 0.6 is 0 Å². The Morgan fingerprint density at radius 3 is 3.00 bits per heavy atom. The zero-order valence-electron chi connectivity index (χ0n) is 6.60. The fourth-order valence-electron chi connectivity index (χ4n) is 1.36. The molecule has 0 spiro atoms. The standard InChI is InChI=1S/C9H11NO2/c10-7-5-12-8-4-2-1-3-6(8)9(7)11/h1-4,7,9,11H,5,10H2/t7-,9-/m1/s1. The molecule has 0 radical (unpaired) electrons. The molecule has 1 aliphatic rings. The van der Waals surface area contributed by atoms with Crippen LogP contribution in [0.2, 0.25) is 0 Å². The minimum absolute atomic E-state index is 0.306. The first kappa shape index (κ1) is 7.58. The van der Waals surface area contributed by atoms with Gasteiger partial charge in [0.2, 0.25) is 0 Å². The van der Waals surface area contributed by atoms with E-state index in [1.54, 1.807) is 0 Å². The zero-order valence-corrected chi connectivity index (χ0v) is 6.60. The van der Waals surface area contributed by atoms with Gasteiger partial charge in [0.1, 0.15) is 18.5 Å². The molecular weight excluding hydrogens is 154 g/mol. The number of aliphatic hydroxyl groups is 1. The highest BCUT2D eigenvalue weighted by Crippen LogP contribution is 2.30. The molecule has 0 saturated heterocycles. The number of para-hydroxylation sites is 1. The molecule has 0 amide bonds. The third-order valence-electron chi connectivity index (χ3n) is 2.07. The van der Waals surface area contributed by atoms with Crippen molar-refractivity contribution in [2.24, 2.45) is 5.73 Å². The van der Waals surface area contributed by atoms with Gasteiger partial charge in [0.15, 0.2) is 0 Å². The maximum atomic E-state index is 9.62. The second kappa shape index (κ2) is 2.77. The molecule has 1 heterocycles. The summed E-state index contributed by atoms with van der Waals surface area (Å²) in [6.45, 7) is 0.387. The van der Waals surface area contributed by atoms with Crippen molar-refractivity contribution in [3.8, 4) is 5.75 Å². The first-order chi connectivity index (χ1) is 5.79. The van der Waals surface area contributed by atoms with E-state index in [4.69, 9.17) is 10.5 Å². The first-order valence-corrected chi connectivity index (χ1v) is 3.94. The van der Waals surface area contributed by atoms with Gasteiger partial charge in [-0.25, -0.2) is 0 Å². The second-order valence-electron chi connectivity index (χ2n) is 2.96. The van der Waals surface area contributed by atoms with Gasteiger partial charge < -0.3 is 15.6 Å². The van der Waals surface area contributed by atoms with Crippen LogP contribution in [-0.2, 0) is 0 Å². The highest BCUT2D eigenvalue weighted by atomic mass is 16.5. The molecule has 3 heteroatoms. The van der Waals surface area contributed by atoms with E-state index in [0.717, 1.165) is 11.3 Å². The molecule has 1 aromatic carbocycles. The quantitative estimate of drug-likeness (QED) is 0.586. The lowest BCUT2D eigenvalue weighted by molar-refractivity contribution is 0.0916. The lowest BCUT2D eigenvalue weighted by Gasteiger charge is -2.27. The number of ether oxygens (including phenoxy) is 1. The van der Waals surface area contributed by atoms with Gasteiger partial charge in [0.05, 0.1) is 6.04 Å². The molecule has 0 bridgehead atoms. The van der Waals surface area contributed by atoms with Crippen molar-refractivity contribution >= 4 is 0 Å². The number of nitrogens with two attached hydrogens (primary N) is 1. The molecule has 0 aliphatic carbocycles. The van der Waals surface area contributed by atoms with Crippen molar-refractivity contribution in [2.75, 3.05) is 6.61 Å². The Kier molecular flexibility index (Phi) is 1.75. The largest absolute Gasteiger partial charge is 0.491 e. The summed E-state index contributed by atoms with van der Waals surface area (Å²) < 4.78 is 5.32. The van der Waals surface area contributed by atoms with Gasteiger partial charge in [0.25, 0.3) is 0 Å². The van der Waals surface area contributed by atoms with E-state index in [2.05, 4.69) is 0 Å². The molecule has 3 nitrogen and oxygen atoms in total. The predicted octanol–water partition coefficient (Wildman–Crippen LogP) is 0.440. The van der Waals surface area contributed by atoms with E-state index in [9.17, 15) is 5.11 Å². The van der Waals surface area contributed by atoms with Crippen LogP contribution in [0.1, 0.15) is 11.7 Å². The van der Waals surface area contributed by atoms with Gasteiger partial charge in [-0.05, 0) is 6.07 Å². The summed E-state index contributed by atoms with van der Waals surface area (Å²) >= 11 is 0. The fourth-order valence-corrected chi connectivity index (χ4v) is 1.36. The highest BCUT2D eigenvalue weighted by molar-refractivity contribution is 5.37. The Morgan fingerprint density at radius 1 is 1.42 bits per heavy atom. The van der Waals surface area contributed by atoms with Crippen molar-refractivity contribution in [3.63, 3.8) is 0 Å². The van der Waals surface area contributed by atoms with Crippen LogP contribution < -0.4 is 10.5 Å². The second-order valence-corrected chi connectivity index (χ2v) is 2.96. The van der Waals surface area contributed by atoms with Gasteiger partial charge in [-0.3, -0.25) is 0 Å². The number of rotatable bonds is 0. The smallest absolute Gasteiger partial charge is 0.125 e. The van der Waals surface area contributed by atoms with E-state index in [0.29, 0.717) is 6.61 Å². The third-order valence-corrected chi connectivity index (χ3v) is 2.07. The van der Waals surface area contributed by atoms with Crippen LogP contribution in [0.5, 0.6) is 5.75 Å². The molecule has 64 valence electrons. The summed E-state index contributed by atoms with van der Waals surface area (Å²) in [5.41, 5.74) is 6.41. The molecule has 0 aromatic heterocycles. The Hall–Kier alpha value is -1.06. The van der Waals surface area contributed by atoms with Gasteiger partial charge >= 0.3 is 0 Å². The summed E-state index contributed by atoms with van der Waals surface area (Å²) in [6, 6.07) is 7.11. The number of aliphatic hydroxyl groups excluding tert-OH is 1. The van der Waals surface area contributed by atoms with Crippen LogP contribution in [0, 0.1) is 0 Å². The Balaban J connectivity index is 2.42. The molecule has 0 saturated carbocycles. The van der Waals surface area contributed by atoms with Gasteiger partial charge in [0, 0.05) is 5.56 Å². The molecule has 12 heavy (non-hydrogen) atoms. The van der Waals surface area contributed by atoms with E-state index >= 15 is 0 Å². The lowest BCUT2D eigenvalue weighted by Crippen LogP contribution is -2.37. The third kappa shape index (κ3) is 1.07. The number of hydrogen-bond acceptors (Lipinski definition) is 3. The Bertz CT molecular complexity index is 288. The monoisotopic (exact) mass is 165 g/mol. The average Bonchev–Trinajstić information content (AvgIpc) is 2.12. The summed E-state index contributed by atoms with van der Waals surface area (Å²) in [4.78, 5) is 0. The van der Waals surface area contributed by atoms with Gasteiger partial charge in [-0.15, -0.1) is 0 Å². The molecule has 1 aromatic rings. The number of fused-ring (bicyclic) bond motifs is 1. The van der Waals surface area contributed by atoms with Crippen molar-refractivity contribution in [2.45, 2.75) is 12.1 Å². The Morgan fingerprint density at radius 2 is 2.17 bits per heavy atom. The summed E-state index contributed by atoms with van der Waals surface area (Å²) in [5.74, 6) is 0.742. The van der Waals surface area contributed by atoms with E-state index in [1.807, 2.05) is 24.3 Å². The topological polar surface area (TPSA) is 55.5 Å². The molecule has 3 N–H and O–H groups in total. The SMILES string of the molecule is N[C@@H]1COc2ccccc2[C@H]1O. The predicted molar refractivity (Wildman–Crippen MR) is 44.9 cm³/mol. The van der Waals surface area contributed by atoms with Crippen molar-refractivity contribution in [1.82, 2.24) is 0 Å². The first-order valence-electron chi connectivity index (χ1n) is 3.94. The molecule has 2 rings (SSSR count). The van der Waals surface area contributed by atoms with E-state index in [-0.39, 0.29) is 6.04 Å². The maximum Gasteiger partial charge on any atom is 0.125 e. The Labute approximate surface area is 70.8 Å². The highest BCUT2D eigenvalue weighted by Gasteiger charge is 2.25. The lowest BCUT2D eigenvalue weighted by atomic mass is 10.0. The molecule has 0 fully saturated rings. The fraction of sp³-hybridized carbons (Fsp3) is 0.333. The van der Waals surface area contributed by atoms with E-state index in [1.165, 1.54) is 0 Å². The number of benzene rings is 1. The van der Waals surface area contributed by atoms with Crippen LogP contribution in [0.4, 0.5) is 0 Å². The number of hydrogen-bond donors (Lipinski definition) is 2. The molecule has 1 aliphatic heterocycles. The van der Waals surface area contributed by atoms with Crippen molar-refractivity contribution in [3.05, 3.63) is 29.8 Å². The van der Waals surface area contributed by atoms with Crippen LogP contribution in [-0.4, -0.2) is 17.8 Å². The minimum atomic E-state index is -0.588.